The van der Waals surface area contributed by atoms with Crippen LogP contribution in [0.15, 0.2) is 102 Å². The van der Waals surface area contributed by atoms with Crippen molar-refractivity contribution in [1.29, 1.82) is 0 Å². The normalized spacial score (nSPS) is 10.9. The monoisotopic (exact) mass is 546 g/mol. The number of carboxylic acids is 1. The fourth-order valence-electron chi connectivity index (χ4n) is 3.50. The summed E-state index contributed by atoms with van der Waals surface area (Å²) in [5, 5.41) is 12.4. The van der Waals surface area contributed by atoms with Crippen LogP contribution >= 0.6 is 0 Å². The molecule has 0 aromatic heterocycles. The Balaban J connectivity index is 1.36. The van der Waals surface area contributed by atoms with E-state index in [4.69, 9.17) is 9.47 Å². The third-order valence-corrected chi connectivity index (χ3v) is 6.94. The van der Waals surface area contributed by atoms with Crippen LogP contribution in [-0.4, -0.2) is 32.0 Å². The lowest BCUT2D eigenvalue weighted by Gasteiger charge is -2.13. The molecule has 0 atom stereocenters. The third kappa shape index (κ3) is 7.59. The predicted octanol–water partition coefficient (Wildman–Crippen LogP) is 4.98. The number of aryl methyl sites for hydroxylation is 1. The number of ether oxygens (including phenoxy) is 2. The first kappa shape index (κ1) is 27.2. The summed E-state index contributed by atoms with van der Waals surface area (Å²) >= 11 is 0. The van der Waals surface area contributed by atoms with Crippen LogP contribution in [-0.2, 0) is 21.4 Å². The Bertz CT molecular complexity index is 1550. The minimum Gasteiger partial charge on any atom is -0.484 e. The predicted molar refractivity (Wildman–Crippen MR) is 146 cm³/mol. The van der Waals surface area contributed by atoms with Crippen LogP contribution in [0.25, 0.3) is 0 Å². The molecule has 9 nitrogen and oxygen atoms in total. The zero-order valence-corrected chi connectivity index (χ0v) is 21.8. The van der Waals surface area contributed by atoms with Crippen molar-refractivity contribution in [3.63, 3.8) is 0 Å². The third-order valence-electron chi connectivity index (χ3n) is 5.56. The number of nitrogens with one attached hydrogen (secondary N) is 2. The van der Waals surface area contributed by atoms with Crippen LogP contribution in [0.5, 0.6) is 17.2 Å². The second-order valence-corrected chi connectivity index (χ2v) is 10.2. The van der Waals surface area contributed by atoms with E-state index in [0.29, 0.717) is 11.5 Å². The summed E-state index contributed by atoms with van der Waals surface area (Å²) in [7, 11) is -3.98. The molecule has 3 N–H and O–H groups in total. The maximum atomic E-state index is 12.7. The Kier molecular flexibility index (Phi) is 8.47. The Labute approximate surface area is 226 Å². The topological polar surface area (TPSA) is 131 Å². The summed E-state index contributed by atoms with van der Waals surface area (Å²) in [6.45, 7) is 2.02. The van der Waals surface area contributed by atoms with Gasteiger partial charge in [-0.15, -0.1) is 0 Å². The number of carbonyl (C=O) groups excluding carboxylic acids is 1. The second-order valence-electron chi connectivity index (χ2n) is 8.56. The molecule has 4 aromatic carbocycles. The highest BCUT2D eigenvalue weighted by Crippen LogP contribution is 2.28. The Morgan fingerprint density at radius 3 is 2.15 bits per heavy atom. The minimum atomic E-state index is -3.98. The summed E-state index contributed by atoms with van der Waals surface area (Å²) in [4.78, 5) is 23.9. The maximum absolute atomic E-state index is 12.7. The molecule has 4 aromatic rings. The van der Waals surface area contributed by atoms with E-state index in [1.807, 2.05) is 25.1 Å². The summed E-state index contributed by atoms with van der Waals surface area (Å²) in [6.07, 6.45) is 0. The molecular formula is C29H26N2O7S. The first-order valence-corrected chi connectivity index (χ1v) is 13.4. The molecule has 0 aliphatic rings. The van der Waals surface area contributed by atoms with Crippen LogP contribution in [0.3, 0.4) is 0 Å². The van der Waals surface area contributed by atoms with Gasteiger partial charge in [0.2, 0.25) is 0 Å². The highest BCUT2D eigenvalue weighted by Gasteiger charge is 2.19. The van der Waals surface area contributed by atoms with Gasteiger partial charge in [-0.2, -0.15) is 0 Å². The molecule has 0 aliphatic carbocycles. The van der Waals surface area contributed by atoms with Gasteiger partial charge >= 0.3 is 5.97 Å². The van der Waals surface area contributed by atoms with Gasteiger partial charge in [0.1, 0.15) is 17.2 Å². The van der Waals surface area contributed by atoms with Crippen molar-refractivity contribution in [3.8, 4) is 17.2 Å². The van der Waals surface area contributed by atoms with Crippen molar-refractivity contribution in [2.75, 3.05) is 11.3 Å². The summed E-state index contributed by atoms with van der Waals surface area (Å²) in [5.74, 6) is -0.327. The van der Waals surface area contributed by atoms with E-state index < -0.39 is 16.0 Å². The van der Waals surface area contributed by atoms with Crippen LogP contribution in [0.4, 0.5) is 5.69 Å². The lowest BCUT2D eigenvalue weighted by Crippen LogP contribution is -2.28. The Hall–Kier alpha value is -4.83. The molecule has 0 heterocycles. The van der Waals surface area contributed by atoms with Gasteiger partial charge in [0.25, 0.3) is 15.9 Å². The van der Waals surface area contributed by atoms with E-state index in [-0.39, 0.29) is 41.0 Å². The number of benzene rings is 4. The number of hydrogen-bond donors (Lipinski definition) is 3. The fraction of sp³-hybridized carbons (Fsp3) is 0.103. The highest BCUT2D eigenvalue weighted by atomic mass is 32.2. The summed E-state index contributed by atoms with van der Waals surface area (Å²) < 4.78 is 39.0. The lowest BCUT2D eigenvalue weighted by atomic mass is 10.1. The van der Waals surface area contributed by atoms with E-state index in [1.54, 1.807) is 48.5 Å². The molecule has 0 radical (unpaired) electrons. The SMILES string of the molecule is Cc1ccc(S(=O)(=O)Nc2ccc(Oc3ccc(CNC(=O)COc4ccccc4)cc3)cc2C(=O)O)cc1. The van der Waals surface area contributed by atoms with Gasteiger partial charge < -0.3 is 19.9 Å². The molecule has 0 spiro atoms. The molecule has 39 heavy (non-hydrogen) atoms. The largest absolute Gasteiger partial charge is 0.484 e. The number of aromatic carboxylic acids is 1. The number of carbonyl (C=O) groups is 2. The summed E-state index contributed by atoms with van der Waals surface area (Å²) in [5.41, 5.74) is 1.37. The van der Waals surface area contributed by atoms with E-state index in [2.05, 4.69) is 10.0 Å². The zero-order chi connectivity index (χ0) is 27.8. The number of amides is 1. The molecule has 0 saturated carbocycles. The number of para-hydroxylation sites is 1. The van der Waals surface area contributed by atoms with E-state index in [1.165, 1.54) is 30.3 Å². The molecule has 0 saturated heterocycles. The molecule has 0 aliphatic heterocycles. The average Bonchev–Trinajstić information content (AvgIpc) is 2.93. The quantitative estimate of drug-likeness (QED) is 0.242. The van der Waals surface area contributed by atoms with Crippen LogP contribution in [0.1, 0.15) is 21.5 Å². The maximum Gasteiger partial charge on any atom is 0.337 e. The van der Waals surface area contributed by atoms with Gasteiger partial charge in [0.15, 0.2) is 6.61 Å². The molecule has 1 amide bonds. The highest BCUT2D eigenvalue weighted by molar-refractivity contribution is 7.92. The Morgan fingerprint density at radius 1 is 0.821 bits per heavy atom. The van der Waals surface area contributed by atoms with Crippen molar-refractivity contribution in [1.82, 2.24) is 5.32 Å². The van der Waals surface area contributed by atoms with Crippen LogP contribution < -0.4 is 19.5 Å². The first-order chi connectivity index (χ1) is 18.7. The molecule has 0 bridgehead atoms. The number of rotatable bonds is 11. The van der Waals surface area contributed by atoms with Crippen molar-refractivity contribution < 1.29 is 32.6 Å². The van der Waals surface area contributed by atoms with Crippen LogP contribution in [0, 0.1) is 6.92 Å². The first-order valence-electron chi connectivity index (χ1n) is 11.9. The Morgan fingerprint density at radius 2 is 1.49 bits per heavy atom. The van der Waals surface area contributed by atoms with Gasteiger partial charge in [-0.25, -0.2) is 13.2 Å². The van der Waals surface area contributed by atoms with Gasteiger partial charge in [-0.3, -0.25) is 9.52 Å². The van der Waals surface area contributed by atoms with Gasteiger partial charge in [-0.05, 0) is 67.1 Å². The number of carboxylic acid groups (broad SMARTS) is 1. The number of sulfonamides is 1. The lowest BCUT2D eigenvalue weighted by molar-refractivity contribution is -0.123. The van der Waals surface area contributed by atoms with Crippen molar-refractivity contribution in [2.45, 2.75) is 18.4 Å². The van der Waals surface area contributed by atoms with Crippen molar-refractivity contribution >= 4 is 27.6 Å². The molecule has 4 rings (SSSR count). The molecule has 0 unspecified atom stereocenters. The van der Waals surface area contributed by atoms with Gasteiger partial charge in [-0.1, -0.05) is 48.0 Å². The van der Waals surface area contributed by atoms with Crippen molar-refractivity contribution in [3.05, 3.63) is 114 Å². The standard InChI is InChI=1S/C29H26N2O7S/c1-20-7-14-25(15-8-20)39(35,36)31-27-16-13-24(17-26(27)29(33)34)38-23-11-9-21(10-12-23)18-30-28(32)19-37-22-5-3-2-4-6-22/h2-17,31H,18-19H2,1H3,(H,30,32)(H,33,34). The van der Waals surface area contributed by atoms with E-state index >= 15 is 0 Å². The summed E-state index contributed by atoms with van der Waals surface area (Å²) in [6, 6.07) is 26.2. The molecule has 10 heteroatoms. The molecule has 0 fully saturated rings. The smallest absolute Gasteiger partial charge is 0.337 e. The second kappa shape index (κ2) is 12.1. The zero-order valence-electron chi connectivity index (χ0n) is 21.0. The van der Waals surface area contributed by atoms with Crippen molar-refractivity contribution in [2.24, 2.45) is 0 Å². The van der Waals surface area contributed by atoms with E-state index in [0.717, 1.165) is 11.1 Å². The van der Waals surface area contributed by atoms with Gasteiger partial charge in [0, 0.05) is 6.54 Å². The minimum absolute atomic E-state index is 0.0183. The van der Waals surface area contributed by atoms with Crippen LogP contribution in [0.2, 0.25) is 0 Å². The van der Waals surface area contributed by atoms with Gasteiger partial charge in [0.05, 0.1) is 16.1 Å². The fourth-order valence-corrected chi connectivity index (χ4v) is 4.58. The molecular weight excluding hydrogens is 520 g/mol. The van der Waals surface area contributed by atoms with E-state index in [9.17, 15) is 23.1 Å². The number of hydrogen-bond acceptors (Lipinski definition) is 6. The molecule has 200 valence electrons. The average molecular weight is 547 g/mol. The number of anilines is 1.